The van der Waals surface area contributed by atoms with Crippen LogP contribution in [-0.2, 0) is 25.5 Å². The third-order valence-electron chi connectivity index (χ3n) is 9.05. The van der Waals surface area contributed by atoms with Crippen LogP contribution in [0.5, 0.6) is 0 Å². The maximum absolute atomic E-state index is 11.9. The Morgan fingerprint density at radius 3 is 2.12 bits per heavy atom. The van der Waals surface area contributed by atoms with Gasteiger partial charge in [0.05, 0.1) is 36.3 Å². The van der Waals surface area contributed by atoms with Gasteiger partial charge in [0.1, 0.15) is 47.8 Å². The third-order valence-corrected chi connectivity index (χ3v) is 9.05. The Kier molecular flexibility index (Phi) is 13.2. The highest BCUT2D eigenvalue weighted by Gasteiger charge is 2.50. The number of aliphatic hydroxyl groups excluding tert-OH is 5. The first kappa shape index (κ1) is 39.1. The third kappa shape index (κ3) is 8.43. The highest BCUT2D eigenvalue weighted by atomic mass is 16.7. The molecular weight excluding hydrogens is 650 g/mol. The maximum atomic E-state index is 11.9. The summed E-state index contributed by atoms with van der Waals surface area (Å²) in [6, 6.07) is 0.0607. The van der Waals surface area contributed by atoms with Crippen molar-refractivity contribution in [1.82, 2.24) is 9.55 Å². The standard InChI is InChI=1S/C18H37N5O9.C12H12N2O3/c19-3-9-8(25)2-7(22)17(29-9)31-15-5(20)1-6(21)16(14(15)28)32-18-13(27)11(23)12(26)10(4-24)30-18;1-3-14-6-9(12(16)17)10(15)8-5-4-7(2)13-11(8)14/h5-18,24-28H,1-4,19-23H2;4-6H,3H2,1-2H3,(H,16,17)/t5-,6+,7+,8-,9+,10+,11-,12+,13+,14-,15+,16-,17+,18+;/m0./s1. The number of pyridine rings is 2. The van der Waals surface area contributed by atoms with Crippen LogP contribution in [0, 0.1) is 6.92 Å². The van der Waals surface area contributed by atoms with Gasteiger partial charge in [0.25, 0.3) is 0 Å². The minimum Gasteiger partial charge on any atom is -0.477 e. The van der Waals surface area contributed by atoms with E-state index in [0.29, 0.717) is 17.6 Å². The van der Waals surface area contributed by atoms with Crippen molar-refractivity contribution < 1.29 is 54.4 Å². The van der Waals surface area contributed by atoms with Crippen LogP contribution < -0.4 is 34.1 Å². The van der Waals surface area contributed by atoms with Crippen molar-refractivity contribution in [1.29, 1.82) is 0 Å². The molecule has 1 saturated carbocycles. The summed E-state index contributed by atoms with van der Waals surface area (Å²) in [5, 5.41) is 60.0. The van der Waals surface area contributed by atoms with E-state index in [1.807, 2.05) is 13.8 Å². The average molecular weight is 700 g/mol. The van der Waals surface area contributed by atoms with Crippen molar-refractivity contribution in [3.63, 3.8) is 0 Å². The molecule has 2 aromatic rings. The number of aromatic carboxylic acids is 1. The largest absolute Gasteiger partial charge is 0.477 e. The number of carbonyl (C=O) groups is 1. The number of nitrogens with two attached hydrogens (primary N) is 5. The van der Waals surface area contributed by atoms with E-state index in [1.165, 1.54) is 6.20 Å². The van der Waals surface area contributed by atoms with Gasteiger partial charge >= 0.3 is 5.97 Å². The van der Waals surface area contributed by atoms with Crippen LogP contribution in [0.15, 0.2) is 23.1 Å². The molecule has 3 fully saturated rings. The second kappa shape index (κ2) is 16.5. The zero-order chi connectivity index (χ0) is 36.3. The molecule has 0 bridgehead atoms. The van der Waals surface area contributed by atoms with Gasteiger partial charge in [-0.2, -0.15) is 0 Å². The number of fused-ring (bicyclic) bond motifs is 1. The van der Waals surface area contributed by atoms with Gasteiger partial charge in [0, 0.05) is 37.1 Å². The molecule has 3 aliphatic rings. The van der Waals surface area contributed by atoms with Crippen LogP contribution in [0.4, 0.5) is 0 Å². The molecule has 2 saturated heterocycles. The van der Waals surface area contributed by atoms with Gasteiger partial charge in [-0.3, -0.25) is 4.79 Å². The summed E-state index contributed by atoms with van der Waals surface area (Å²) in [5.74, 6) is -1.21. The fraction of sp³-hybridized carbons (Fsp3) is 0.700. The number of aryl methyl sites for hydroxylation is 2. The molecule has 19 heteroatoms. The second-order valence-corrected chi connectivity index (χ2v) is 12.6. The monoisotopic (exact) mass is 699 g/mol. The number of carboxylic acids is 1. The molecule has 2 aromatic heterocycles. The average Bonchev–Trinajstić information content (AvgIpc) is 3.06. The lowest BCUT2D eigenvalue weighted by Crippen LogP contribution is -2.68. The van der Waals surface area contributed by atoms with E-state index in [9.17, 15) is 35.1 Å². The van der Waals surface area contributed by atoms with E-state index >= 15 is 0 Å². The fourth-order valence-corrected chi connectivity index (χ4v) is 6.18. The van der Waals surface area contributed by atoms with Gasteiger partial charge in [0.2, 0.25) is 5.43 Å². The van der Waals surface area contributed by atoms with Crippen molar-refractivity contribution in [3.05, 3.63) is 39.8 Å². The van der Waals surface area contributed by atoms with E-state index in [0.717, 1.165) is 5.69 Å². The zero-order valence-corrected chi connectivity index (χ0v) is 27.3. The molecule has 5 rings (SSSR count). The molecule has 276 valence electrons. The summed E-state index contributed by atoms with van der Waals surface area (Å²) in [4.78, 5) is 27.2. The number of ether oxygens (including phenoxy) is 4. The number of hydrogen-bond acceptors (Lipinski definition) is 17. The predicted molar refractivity (Wildman–Crippen MR) is 172 cm³/mol. The van der Waals surface area contributed by atoms with Crippen LogP contribution in [0.3, 0.4) is 0 Å². The fourth-order valence-electron chi connectivity index (χ4n) is 6.18. The Bertz CT molecular complexity index is 1480. The Balaban J connectivity index is 0.000000266. The lowest BCUT2D eigenvalue weighted by Gasteiger charge is -2.47. The van der Waals surface area contributed by atoms with Gasteiger partial charge < -0.3 is 82.8 Å². The Morgan fingerprint density at radius 1 is 0.939 bits per heavy atom. The van der Waals surface area contributed by atoms with Gasteiger partial charge in [-0.15, -0.1) is 0 Å². The number of aliphatic hydroxyl groups is 5. The number of nitrogens with zero attached hydrogens (tertiary/aromatic N) is 2. The molecule has 0 unspecified atom stereocenters. The normalized spacial score (nSPS) is 38.1. The predicted octanol–water partition coefficient (Wildman–Crippen LogP) is -4.87. The van der Waals surface area contributed by atoms with E-state index in [-0.39, 0.29) is 24.9 Å². The Labute approximate surface area is 281 Å². The summed E-state index contributed by atoms with van der Waals surface area (Å²) in [6.45, 7) is 3.77. The smallest absolute Gasteiger partial charge is 0.341 e. The van der Waals surface area contributed by atoms with Crippen molar-refractivity contribution in [2.45, 2.75) is 119 Å². The molecule has 14 atom stereocenters. The Morgan fingerprint density at radius 2 is 1.55 bits per heavy atom. The van der Waals surface area contributed by atoms with Crippen LogP contribution in [0.25, 0.3) is 11.0 Å². The van der Waals surface area contributed by atoms with Crippen molar-refractivity contribution in [2.75, 3.05) is 13.2 Å². The molecule has 2 aliphatic heterocycles. The quantitative estimate of drug-likeness (QED) is 0.123. The molecule has 0 amide bonds. The van der Waals surface area contributed by atoms with Gasteiger partial charge in [-0.05, 0) is 38.8 Å². The molecule has 0 radical (unpaired) electrons. The highest BCUT2D eigenvalue weighted by Crippen LogP contribution is 2.30. The first-order chi connectivity index (χ1) is 23.1. The number of hydrogen-bond donors (Lipinski definition) is 11. The topological polar surface area (TPSA) is 340 Å². The van der Waals surface area contributed by atoms with Crippen LogP contribution in [-0.4, -0.2) is 145 Å². The summed E-state index contributed by atoms with van der Waals surface area (Å²) in [5.41, 5.74) is 30.4. The van der Waals surface area contributed by atoms with Crippen LogP contribution in [0.2, 0.25) is 0 Å². The summed E-state index contributed by atoms with van der Waals surface area (Å²) in [6.07, 6.45) is -9.42. The number of rotatable bonds is 8. The lowest BCUT2D eigenvalue weighted by molar-refractivity contribution is -0.314. The molecule has 1 aliphatic carbocycles. The van der Waals surface area contributed by atoms with E-state index in [1.54, 1.807) is 16.7 Å². The minimum atomic E-state index is -1.44. The molecule has 49 heavy (non-hydrogen) atoms. The Hall–Kier alpha value is -2.73. The van der Waals surface area contributed by atoms with Crippen LogP contribution in [0.1, 0.15) is 35.8 Å². The number of carboxylic acid groups (broad SMARTS) is 1. The molecule has 19 nitrogen and oxygen atoms in total. The first-order valence-electron chi connectivity index (χ1n) is 16.0. The molecule has 0 aromatic carbocycles. The summed E-state index contributed by atoms with van der Waals surface area (Å²) >= 11 is 0. The van der Waals surface area contributed by atoms with Crippen molar-refractivity contribution in [3.8, 4) is 0 Å². The van der Waals surface area contributed by atoms with Crippen LogP contribution >= 0.6 is 0 Å². The molecular formula is C30H49N7O12. The van der Waals surface area contributed by atoms with E-state index < -0.39 is 104 Å². The lowest BCUT2D eigenvalue weighted by atomic mass is 9.84. The van der Waals surface area contributed by atoms with Gasteiger partial charge in [-0.25, -0.2) is 9.78 Å². The summed E-state index contributed by atoms with van der Waals surface area (Å²) < 4.78 is 24.4. The van der Waals surface area contributed by atoms with Crippen molar-refractivity contribution in [2.24, 2.45) is 28.7 Å². The molecule has 0 spiro atoms. The molecule has 16 N–H and O–H groups in total. The number of aromatic nitrogens is 2. The second-order valence-electron chi connectivity index (χ2n) is 12.6. The zero-order valence-electron chi connectivity index (χ0n) is 27.3. The summed E-state index contributed by atoms with van der Waals surface area (Å²) in [7, 11) is 0. The van der Waals surface area contributed by atoms with Gasteiger partial charge in [-0.1, -0.05) is 0 Å². The maximum Gasteiger partial charge on any atom is 0.341 e. The van der Waals surface area contributed by atoms with E-state index in [4.69, 9.17) is 52.7 Å². The van der Waals surface area contributed by atoms with E-state index in [2.05, 4.69) is 4.98 Å². The van der Waals surface area contributed by atoms with Crippen molar-refractivity contribution >= 4 is 17.0 Å². The minimum absolute atomic E-state index is 0.0542. The van der Waals surface area contributed by atoms with Gasteiger partial charge in [0.15, 0.2) is 12.6 Å². The molecule has 4 heterocycles. The highest BCUT2D eigenvalue weighted by molar-refractivity contribution is 5.91. The first-order valence-corrected chi connectivity index (χ1v) is 16.0. The SMILES string of the molecule is CCn1cc(C(=O)O)c(=O)c2ccc(C)nc21.NC[C@H]1O[C@H](O[C@H]2[C@H](O)[C@@H](O[C@H]3O[C@H](CO)[C@@H](O)[C@H](N)[C@H]3O)[C@H](N)C[C@@H]2N)[C@H](N)C[C@@H]1O.